The number of nitrogens with one attached hydrogen (secondary N) is 2. The molecule has 0 bridgehead atoms. The summed E-state index contributed by atoms with van der Waals surface area (Å²) in [6.45, 7) is 2.93. The molecule has 0 radical (unpaired) electrons. The lowest BCUT2D eigenvalue weighted by Gasteiger charge is -2.08. The summed E-state index contributed by atoms with van der Waals surface area (Å²) in [5.41, 5.74) is 9.68. The number of fused-ring (bicyclic) bond motifs is 1. The fourth-order valence-electron chi connectivity index (χ4n) is 1.83. The third-order valence-corrected chi connectivity index (χ3v) is 2.66. The maximum absolute atomic E-state index is 5.31. The molecule has 6 heteroatoms. The summed E-state index contributed by atoms with van der Waals surface area (Å²) in [7, 11) is 0. The lowest BCUT2D eigenvalue weighted by Crippen LogP contribution is -2.24. The van der Waals surface area contributed by atoms with E-state index in [1.54, 1.807) is 12.4 Å². The highest BCUT2D eigenvalue weighted by atomic mass is 32.1. The molecule has 0 fully saturated rings. The van der Waals surface area contributed by atoms with Crippen LogP contribution in [-0.4, -0.2) is 22.9 Å². The number of benzene rings is 1. The summed E-state index contributed by atoms with van der Waals surface area (Å²) in [5, 5.41) is 9.53. The summed E-state index contributed by atoms with van der Waals surface area (Å²) in [4.78, 5) is 4.30. The normalized spacial score (nSPS) is 10.8. The predicted octanol–water partition coefficient (Wildman–Crippen LogP) is 1.83. The Morgan fingerprint density at radius 1 is 1.42 bits per heavy atom. The third-order valence-electron chi connectivity index (χ3n) is 2.57. The number of rotatable bonds is 4. The van der Waals surface area contributed by atoms with Crippen LogP contribution < -0.4 is 16.5 Å². The highest BCUT2D eigenvalue weighted by Crippen LogP contribution is 2.24. The smallest absolute Gasteiger partial charge is 0.184 e. The fraction of sp³-hybridized carbons (Fsp3) is 0.154. The largest absolute Gasteiger partial charge is 0.385 e. The number of hydrogen-bond acceptors (Lipinski definition) is 4. The van der Waals surface area contributed by atoms with Crippen LogP contribution in [0.1, 0.15) is 12.6 Å². The van der Waals surface area contributed by atoms with Crippen molar-refractivity contribution < 1.29 is 0 Å². The van der Waals surface area contributed by atoms with Gasteiger partial charge in [0.05, 0.1) is 11.9 Å². The van der Waals surface area contributed by atoms with Crippen molar-refractivity contribution in [3.05, 3.63) is 36.2 Å². The van der Waals surface area contributed by atoms with Crippen molar-refractivity contribution in [3.63, 3.8) is 0 Å². The van der Waals surface area contributed by atoms with Gasteiger partial charge in [-0.2, -0.15) is 5.10 Å². The van der Waals surface area contributed by atoms with Gasteiger partial charge in [0.15, 0.2) is 5.11 Å². The van der Waals surface area contributed by atoms with Crippen molar-refractivity contribution in [1.82, 2.24) is 10.4 Å². The molecule has 0 saturated heterocycles. The van der Waals surface area contributed by atoms with Crippen LogP contribution in [0.2, 0.25) is 0 Å². The fourth-order valence-corrected chi connectivity index (χ4v) is 1.89. The molecule has 0 aliphatic carbocycles. The van der Waals surface area contributed by atoms with Crippen LogP contribution in [0, 0.1) is 0 Å². The molecule has 19 heavy (non-hydrogen) atoms. The van der Waals surface area contributed by atoms with Crippen LogP contribution in [0.5, 0.6) is 0 Å². The maximum atomic E-state index is 5.31. The second kappa shape index (κ2) is 6.10. The molecule has 2 aromatic rings. The molecule has 0 amide bonds. The SMILES string of the molecule is CCNc1cccc2c(/C=N\NC(N)=S)nccc12. The number of anilines is 1. The lowest BCUT2D eigenvalue weighted by molar-refractivity contribution is 1.04. The summed E-state index contributed by atoms with van der Waals surface area (Å²) >= 11 is 4.68. The van der Waals surface area contributed by atoms with Gasteiger partial charge in [0.25, 0.3) is 0 Å². The Labute approximate surface area is 116 Å². The van der Waals surface area contributed by atoms with Crippen LogP contribution in [-0.2, 0) is 0 Å². The van der Waals surface area contributed by atoms with E-state index in [2.05, 4.69) is 40.0 Å². The van der Waals surface area contributed by atoms with Gasteiger partial charge in [-0.25, -0.2) is 0 Å². The molecule has 0 atom stereocenters. The molecule has 4 N–H and O–H groups in total. The van der Waals surface area contributed by atoms with Crippen LogP contribution >= 0.6 is 12.2 Å². The van der Waals surface area contributed by atoms with E-state index in [1.807, 2.05) is 24.3 Å². The highest BCUT2D eigenvalue weighted by Gasteiger charge is 2.03. The van der Waals surface area contributed by atoms with Gasteiger partial charge in [0.1, 0.15) is 0 Å². The molecule has 0 aliphatic rings. The first-order chi connectivity index (χ1) is 9.22. The quantitative estimate of drug-likeness (QED) is 0.450. The van der Waals surface area contributed by atoms with Gasteiger partial charge < -0.3 is 11.1 Å². The Balaban J connectivity index is 2.42. The van der Waals surface area contributed by atoms with Gasteiger partial charge in [-0.3, -0.25) is 10.4 Å². The average Bonchev–Trinajstić information content (AvgIpc) is 2.39. The molecule has 0 aliphatic heterocycles. The first-order valence-corrected chi connectivity index (χ1v) is 6.33. The molecule has 0 unspecified atom stereocenters. The predicted molar refractivity (Wildman–Crippen MR) is 83.4 cm³/mol. The van der Waals surface area contributed by atoms with E-state index < -0.39 is 0 Å². The Hall–Kier alpha value is -2.21. The van der Waals surface area contributed by atoms with E-state index in [0.717, 1.165) is 28.7 Å². The number of aromatic nitrogens is 1. The van der Waals surface area contributed by atoms with E-state index in [9.17, 15) is 0 Å². The first-order valence-electron chi connectivity index (χ1n) is 5.92. The van der Waals surface area contributed by atoms with Crippen LogP contribution in [0.4, 0.5) is 5.69 Å². The molecule has 1 aromatic carbocycles. The van der Waals surface area contributed by atoms with E-state index in [-0.39, 0.29) is 5.11 Å². The highest BCUT2D eigenvalue weighted by molar-refractivity contribution is 7.80. The molecule has 98 valence electrons. The minimum Gasteiger partial charge on any atom is -0.385 e. The first kappa shape index (κ1) is 13.2. The maximum Gasteiger partial charge on any atom is 0.184 e. The van der Waals surface area contributed by atoms with Crippen LogP contribution in [0.15, 0.2) is 35.6 Å². The minimum atomic E-state index is 0.129. The van der Waals surface area contributed by atoms with Gasteiger partial charge in [-0.05, 0) is 31.3 Å². The average molecular weight is 273 g/mol. The number of thiocarbonyl (C=S) groups is 1. The van der Waals surface area contributed by atoms with E-state index in [0.29, 0.717) is 0 Å². The second-order valence-electron chi connectivity index (χ2n) is 3.86. The molecule has 1 heterocycles. The zero-order valence-corrected chi connectivity index (χ0v) is 11.4. The van der Waals surface area contributed by atoms with Crippen LogP contribution in [0.3, 0.4) is 0 Å². The monoisotopic (exact) mass is 273 g/mol. The summed E-state index contributed by atoms with van der Waals surface area (Å²) in [6, 6.07) is 8.01. The summed E-state index contributed by atoms with van der Waals surface area (Å²) < 4.78 is 0. The topological polar surface area (TPSA) is 75.3 Å². The Bertz CT molecular complexity index is 623. The molecule has 5 nitrogen and oxygen atoms in total. The van der Waals surface area contributed by atoms with Crippen LogP contribution in [0.25, 0.3) is 10.8 Å². The van der Waals surface area contributed by atoms with Gasteiger partial charge in [0.2, 0.25) is 0 Å². The number of nitrogens with zero attached hydrogens (tertiary/aromatic N) is 2. The van der Waals surface area contributed by atoms with E-state index in [4.69, 9.17) is 5.73 Å². The van der Waals surface area contributed by atoms with Gasteiger partial charge in [-0.15, -0.1) is 0 Å². The molecular weight excluding hydrogens is 258 g/mol. The number of hydrogen-bond donors (Lipinski definition) is 3. The lowest BCUT2D eigenvalue weighted by atomic mass is 10.1. The van der Waals surface area contributed by atoms with Gasteiger partial charge in [-0.1, -0.05) is 12.1 Å². The van der Waals surface area contributed by atoms with E-state index in [1.165, 1.54) is 0 Å². The van der Waals surface area contributed by atoms with Gasteiger partial charge >= 0.3 is 0 Å². The van der Waals surface area contributed by atoms with E-state index >= 15 is 0 Å². The number of nitrogens with two attached hydrogens (primary N) is 1. The Kier molecular flexibility index (Phi) is 4.25. The molecule has 1 aromatic heterocycles. The molecule has 0 spiro atoms. The van der Waals surface area contributed by atoms with Crippen molar-refractivity contribution >= 4 is 40.0 Å². The minimum absolute atomic E-state index is 0.129. The van der Waals surface area contributed by atoms with Gasteiger partial charge in [0, 0.05) is 29.2 Å². The van der Waals surface area contributed by atoms with Crippen molar-refractivity contribution in [2.24, 2.45) is 10.8 Å². The molecule has 2 rings (SSSR count). The van der Waals surface area contributed by atoms with Crippen molar-refractivity contribution in [1.29, 1.82) is 0 Å². The zero-order valence-electron chi connectivity index (χ0n) is 10.6. The Morgan fingerprint density at radius 2 is 2.26 bits per heavy atom. The molecular formula is C13H15N5S. The zero-order chi connectivity index (χ0) is 13.7. The number of hydrazone groups is 1. The molecule has 0 saturated carbocycles. The van der Waals surface area contributed by atoms with Crippen molar-refractivity contribution in [2.45, 2.75) is 6.92 Å². The Morgan fingerprint density at radius 3 is 3.00 bits per heavy atom. The third kappa shape index (κ3) is 3.17. The van der Waals surface area contributed by atoms with Crippen molar-refractivity contribution in [3.8, 4) is 0 Å². The summed E-state index contributed by atoms with van der Waals surface area (Å²) in [6.07, 6.45) is 3.36. The van der Waals surface area contributed by atoms with Crippen molar-refractivity contribution in [2.75, 3.05) is 11.9 Å². The standard InChI is InChI=1S/C13H15N5S/c1-2-15-11-5-3-4-9-10(11)6-7-16-12(9)8-17-18-13(14)19/h3-8,15H,2H2,1H3,(H3,14,18,19)/b17-8-. The summed E-state index contributed by atoms with van der Waals surface area (Å²) in [5.74, 6) is 0. The number of pyridine rings is 1. The second-order valence-corrected chi connectivity index (χ2v) is 4.30.